The van der Waals surface area contributed by atoms with Crippen molar-refractivity contribution in [3.63, 3.8) is 0 Å². The molecule has 0 aromatic heterocycles. The number of phenolic OH excluding ortho intramolecular Hbond substituents is 2. The molecule has 0 aliphatic rings. The molecule has 2 aromatic rings. The van der Waals surface area contributed by atoms with Crippen molar-refractivity contribution >= 4 is 9.84 Å². The van der Waals surface area contributed by atoms with Crippen molar-refractivity contribution in [2.24, 2.45) is 0 Å². The third kappa shape index (κ3) is 3.44. The average molecular weight is 369 g/mol. The third-order valence-electron chi connectivity index (χ3n) is 3.34. The van der Waals surface area contributed by atoms with Gasteiger partial charge in [-0.3, -0.25) is 0 Å². The smallest absolute Gasteiger partial charge is 0.417 e. The van der Waals surface area contributed by atoms with Crippen LogP contribution in [0.1, 0.15) is 5.56 Å². The molecule has 25 heavy (non-hydrogen) atoms. The lowest BCUT2D eigenvalue weighted by Gasteiger charge is -2.15. The highest BCUT2D eigenvalue weighted by molar-refractivity contribution is 7.95. The van der Waals surface area contributed by atoms with Crippen LogP contribution in [-0.4, -0.2) is 18.6 Å². The van der Waals surface area contributed by atoms with Gasteiger partial charge in [0.05, 0.1) is 10.5 Å². The lowest BCUT2D eigenvalue weighted by Crippen LogP contribution is -2.09. The Morgan fingerprint density at radius 3 is 2.24 bits per heavy atom. The Morgan fingerprint density at radius 2 is 1.72 bits per heavy atom. The highest BCUT2D eigenvalue weighted by Crippen LogP contribution is 2.40. The Morgan fingerprint density at radius 1 is 1.08 bits per heavy atom. The highest BCUT2D eigenvalue weighted by atomic mass is 32.2. The summed E-state index contributed by atoms with van der Waals surface area (Å²) in [4.78, 5) is -1.36. The number of sulfone groups is 1. The summed E-state index contributed by atoms with van der Waals surface area (Å²) in [6.45, 7) is 3.08. The molecule has 0 unspecified atom stereocenters. The van der Waals surface area contributed by atoms with Gasteiger partial charge in [0.1, 0.15) is 11.0 Å². The summed E-state index contributed by atoms with van der Waals surface area (Å²) in [5.41, 5.74) is -1.84. The highest BCUT2D eigenvalue weighted by Gasteiger charge is 2.35. The summed E-state index contributed by atoms with van der Waals surface area (Å²) < 4.78 is 64.0. The SMILES string of the molecule is C=C(C#N)S(=O)(=O)c1ccc(C(F)(F)F)c(-c2ccc(O)c(O)c2)c1. The van der Waals surface area contributed by atoms with Crippen LogP contribution in [0.3, 0.4) is 0 Å². The van der Waals surface area contributed by atoms with Crippen LogP contribution in [0.15, 0.2) is 52.8 Å². The van der Waals surface area contributed by atoms with Crippen molar-refractivity contribution in [3.8, 4) is 28.7 Å². The van der Waals surface area contributed by atoms with Gasteiger partial charge < -0.3 is 10.2 Å². The van der Waals surface area contributed by atoms with Crippen molar-refractivity contribution in [1.82, 2.24) is 0 Å². The Bertz CT molecular complexity index is 1010. The van der Waals surface area contributed by atoms with E-state index in [1.54, 1.807) is 0 Å². The van der Waals surface area contributed by atoms with E-state index in [1.165, 1.54) is 6.07 Å². The molecule has 9 heteroatoms. The van der Waals surface area contributed by atoms with E-state index in [1.807, 2.05) is 0 Å². The number of hydrogen-bond donors (Lipinski definition) is 2. The van der Waals surface area contributed by atoms with Crippen LogP contribution in [0.2, 0.25) is 0 Å². The molecule has 0 bridgehead atoms. The number of rotatable bonds is 3. The monoisotopic (exact) mass is 369 g/mol. The van der Waals surface area contributed by atoms with Crippen LogP contribution in [0.4, 0.5) is 13.2 Å². The normalized spacial score (nSPS) is 11.8. The first-order valence-electron chi connectivity index (χ1n) is 6.56. The number of halogens is 3. The van der Waals surface area contributed by atoms with Crippen LogP contribution >= 0.6 is 0 Å². The van der Waals surface area contributed by atoms with Gasteiger partial charge in [-0.15, -0.1) is 0 Å². The van der Waals surface area contributed by atoms with Crippen molar-refractivity contribution in [2.45, 2.75) is 11.1 Å². The summed E-state index contributed by atoms with van der Waals surface area (Å²) in [6.07, 6.45) is -4.79. The number of nitriles is 1. The maximum absolute atomic E-state index is 13.2. The summed E-state index contributed by atoms with van der Waals surface area (Å²) in [5, 5.41) is 27.5. The fraction of sp³-hybridized carbons (Fsp3) is 0.0625. The zero-order valence-electron chi connectivity index (χ0n) is 12.4. The predicted molar refractivity (Wildman–Crippen MR) is 82.1 cm³/mol. The molecule has 2 N–H and O–H groups in total. The summed E-state index contributed by atoms with van der Waals surface area (Å²) in [5.74, 6) is -1.21. The van der Waals surface area contributed by atoms with E-state index >= 15 is 0 Å². The number of nitrogens with zero attached hydrogens (tertiary/aromatic N) is 1. The van der Waals surface area contributed by atoms with E-state index in [9.17, 15) is 31.8 Å². The number of aromatic hydroxyl groups is 2. The summed E-state index contributed by atoms with van der Waals surface area (Å²) in [7, 11) is -4.33. The van der Waals surface area contributed by atoms with Gasteiger partial charge in [-0.2, -0.15) is 18.4 Å². The molecule has 0 saturated carbocycles. The molecule has 0 atom stereocenters. The van der Waals surface area contributed by atoms with Crippen LogP contribution in [0, 0.1) is 11.3 Å². The Balaban J connectivity index is 2.79. The molecule has 0 amide bonds. The molecule has 2 rings (SSSR count). The molecule has 130 valence electrons. The quantitative estimate of drug-likeness (QED) is 0.636. The second-order valence-electron chi connectivity index (χ2n) is 4.95. The molecular formula is C16H10F3NO4S. The number of alkyl halides is 3. The molecule has 0 radical (unpaired) electrons. The van der Waals surface area contributed by atoms with Gasteiger partial charge in [0.15, 0.2) is 11.5 Å². The van der Waals surface area contributed by atoms with Crippen LogP contribution in [-0.2, 0) is 16.0 Å². The van der Waals surface area contributed by atoms with Gasteiger partial charge >= 0.3 is 6.18 Å². The lowest BCUT2D eigenvalue weighted by atomic mass is 9.99. The standard InChI is InChI=1S/C16H10F3NO4S/c1-9(8-20)25(23,24)11-3-4-13(16(17,18)19)12(7-11)10-2-5-14(21)15(22)6-10/h2-7,21-22H,1H2. The first-order chi connectivity index (χ1) is 11.5. The van der Waals surface area contributed by atoms with Gasteiger partial charge in [0.2, 0.25) is 9.84 Å². The van der Waals surface area contributed by atoms with E-state index in [-0.39, 0.29) is 5.56 Å². The fourth-order valence-corrected chi connectivity index (χ4v) is 2.99. The van der Waals surface area contributed by atoms with Gasteiger partial charge in [-0.05, 0) is 41.5 Å². The van der Waals surface area contributed by atoms with E-state index in [4.69, 9.17) is 5.26 Å². The second-order valence-corrected chi connectivity index (χ2v) is 6.92. The van der Waals surface area contributed by atoms with E-state index in [0.29, 0.717) is 6.07 Å². The lowest BCUT2D eigenvalue weighted by molar-refractivity contribution is -0.137. The zero-order valence-corrected chi connectivity index (χ0v) is 13.2. The van der Waals surface area contributed by atoms with Crippen LogP contribution < -0.4 is 0 Å². The molecule has 5 nitrogen and oxygen atoms in total. The van der Waals surface area contributed by atoms with Gasteiger partial charge in [0.25, 0.3) is 0 Å². The van der Waals surface area contributed by atoms with Crippen molar-refractivity contribution in [1.29, 1.82) is 5.26 Å². The number of phenols is 2. The Hall–Kier alpha value is -2.99. The molecule has 0 aliphatic heterocycles. The number of hydrogen-bond acceptors (Lipinski definition) is 5. The number of allylic oxidation sites excluding steroid dienone is 1. The molecule has 0 heterocycles. The van der Waals surface area contributed by atoms with Gasteiger partial charge in [-0.25, -0.2) is 8.42 Å². The van der Waals surface area contributed by atoms with Crippen molar-refractivity contribution < 1.29 is 31.8 Å². The number of benzene rings is 2. The molecule has 0 fully saturated rings. The largest absolute Gasteiger partial charge is 0.504 e. The minimum absolute atomic E-state index is 0.165. The first-order valence-corrected chi connectivity index (χ1v) is 8.04. The van der Waals surface area contributed by atoms with Crippen molar-refractivity contribution in [3.05, 3.63) is 53.4 Å². The minimum Gasteiger partial charge on any atom is -0.504 e. The second kappa shape index (κ2) is 6.14. The summed E-state index contributed by atoms with van der Waals surface area (Å²) >= 11 is 0. The third-order valence-corrected chi connectivity index (χ3v) is 4.96. The van der Waals surface area contributed by atoms with E-state index in [2.05, 4.69) is 6.58 Å². The maximum Gasteiger partial charge on any atom is 0.417 e. The van der Waals surface area contributed by atoms with E-state index < -0.39 is 48.4 Å². The summed E-state index contributed by atoms with van der Waals surface area (Å²) in [6, 6.07) is 6.32. The Labute approximate surface area is 140 Å². The maximum atomic E-state index is 13.2. The van der Waals surface area contributed by atoms with E-state index in [0.717, 1.165) is 30.3 Å². The molecule has 0 saturated heterocycles. The molecular weight excluding hydrogens is 359 g/mol. The van der Waals surface area contributed by atoms with Crippen LogP contribution in [0.5, 0.6) is 11.5 Å². The minimum atomic E-state index is -4.79. The molecule has 2 aromatic carbocycles. The fourth-order valence-electron chi connectivity index (χ4n) is 2.07. The van der Waals surface area contributed by atoms with Gasteiger partial charge in [-0.1, -0.05) is 12.6 Å². The Kier molecular flexibility index (Phi) is 4.51. The average Bonchev–Trinajstić information content (AvgIpc) is 2.55. The van der Waals surface area contributed by atoms with Gasteiger partial charge in [0, 0.05) is 0 Å². The predicted octanol–water partition coefficient (Wildman–Crippen LogP) is 3.59. The van der Waals surface area contributed by atoms with Crippen molar-refractivity contribution in [2.75, 3.05) is 0 Å². The van der Waals surface area contributed by atoms with Crippen LogP contribution in [0.25, 0.3) is 11.1 Å². The molecule has 0 aliphatic carbocycles. The zero-order chi connectivity index (χ0) is 19.0. The molecule has 0 spiro atoms. The first kappa shape index (κ1) is 18.4. The topological polar surface area (TPSA) is 98.4 Å².